The number of amides is 1. The second kappa shape index (κ2) is 8.26. The number of hydrogen-bond acceptors (Lipinski definition) is 3. The Bertz CT molecular complexity index is 927. The van der Waals surface area contributed by atoms with Crippen LogP contribution in [0.1, 0.15) is 41.2 Å². The van der Waals surface area contributed by atoms with Crippen molar-refractivity contribution in [3.63, 3.8) is 0 Å². The zero-order valence-corrected chi connectivity index (χ0v) is 16.2. The van der Waals surface area contributed by atoms with E-state index in [0.29, 0.717) is 0 Å². The zero-order chi connectivity index (χ0) is 19.3. The lowest BCUT2D eigenvalue weighted by Gasteiger charge is -2.37. The van der Waals surface area contributed by atoms with Crippen LogP contribution in [0.5, 0.6) is 0 Å². The number of para-hydroxylation sites is 1. The predicted molar refractivity (Wildman–Crippen MR) is 113 cm³/mol. The van der Waals surface area contributed by atoms with E-state index in [1.54, 1.807) is 0 Å². The molecule has 1 fully saturated rings. The minimum atomic E-state index is 0.0383. The van der Waals surface area contributed by atoms with E-state index in [9.17, 15) is 4.79 Å². The van der Waals surface area contributed by atoms with Crippen LogP contribution in [0.2, 0.25) is 0 Å². The summed E-state index contributed by atoms with van der Waals surface area (Å²) in [5.41, 5.74) is 2.94. The fraction of sp³-hybridized carbons (Fsp3) is 0.250. The van der Waals surface area contributed by atoms with Crippen LogP contribution in [0.3, 0.4) is 0 Å². The molecular weight excluding hydrogens is 346 g/mol. The lowest BCUT2D eigenvalue weighted by atomic mass is 9.94. The summed E-state index contributed by atoms with van der Waals surface area (Å²) in [4.78, 5) is 22.0. The molecule has 1 aliphatic rings. The molecule has 0 radical (unpaired) electrons. The van der Waals surface area contributed by atoms with Gasteiger partial charge in [-0.15, -0.1) is 0 Å². The average Bonchev–Trinajstić information content (AvgIpc) is 2.79. The molecule has 2 heterocycles. The molecule has 0 spiro atoms. The predicted octanol–water partition coefficient (Wildman–Crippen LogP) is 5.22. The first-order valence-electron chi connectivity index (χ1n) is 9.85. The van der Waals surface area contributed by atoms with Crippen LogP contribution in [-0.4, -0.2) is 29.4 Å². The highest BCUT2D eigenvalue weighted by molar-refractivity contribution is 5.94. The summed E-state index contributed by atoms with van der Waals surface area (Å²) in [6, 6.07) is 23.9. The first-order valence-corrected chi connectivity index (χ1v) is 9.85. The van der Waals surface area contributed by atoms with Crippen molar-refractivity contribution < 1.29 is 4.79 Å². The average molecular weight is 371 g/mol. The van der Waals surface area contributed by atoms with Crippen molar-refractivity contribution in [3.8, 4) is 0 Å². The van der Waals surface area contributed by atoms with Gasteiger partial charge in [0.1, 0.15) is 5.82 Å². The highest BCUT2D eigenvalue weighted by Gasteiger charge is 2.31. The Kier molecular flexibility index (Phi) is 5.38. The summed E-state index contributed by atoms with van der Waals surface area (Å²) >= 11 is 0. The molecule has 2 aromatic carbocycles. The molecule has 0 N–H and O–H groups in total. The Morgan fingerprint density at radius 3 is 2.43 bits per heavy atom. The molecular formula is C24H25N3O. The third-order valence-electron chi connectivity index (χ3n) is 5.42. The summed E-state index contributed by atoms with van der Waals surface area (Å²) in [6.45, 7) is 0.780. The number of likely N-dealkylation sites (tertiary alicyclic amines) is 1. The maximum atomic E-state index is 13.2. The van der Waals surface area contributed by atoms with Crippen molar-refractivity contribution in [1.82, 2.24) is 9.88 Å². The Morgan fingerprint density at radius 2 is 1.68 bits per heavy atom. The minimum Gasteiger partial charge on any atom is -0.331 e. The SMILES string of the molecule is CN(c1ccccc1)c1ncccc1[C@@H]1CCCCN1C(=O)c1ccccc1. The molecule has 1 saturated heterocycles. The van der Waals surface area contributed by atoms with Crippen LogP contribution in [0.4, 0.5) is 11.5 Å². The smallest absolute Gasteiger partial charge is 0.254 e. The van der Waals surface area contributed by atoms with Gasteiger partial charge in [-0.25, -0.2) is 4.98 Å². The summed E-state index contributed by atoms with van der Waals surface area (Å²) in [5, 5.41) is 0. The Balaban J connectivity index is 1.70. The number of hydrogen-bond donors (Lipinski definition) is 0. The molecule has 3 aromatic rings. The highest BCUT2D eigenvalue weighted by Crippen LogP contribution is 2.37. The van der Waals surface area contributed by atoms with Crippen molar-refractivity contribution in [2.75, 3.05) is 18.5 Å². The van der Waals surface area contributed by atoms with Gasteiger partial charge < -0.3 is 9.80 Å². The molecule has 0 saturated carbocycles. The van der Waals surface area contributed by atoms with Gasteiger partial charge in [0.2, 0.25) is 0 Å². The van der Waals surface area contributed by atoms with E-state index in [1.165, 1.54) is 0 Å². The highest BCUT2D eigenvalue weighted by atomic mass is 16.2. The summed E-state index contributed by atoms with van der Waals surface area (Å²) < 4.78 is 0. The van der Waals surface area contributed by atoms with E-state index in [4.69, 9.17) is 0 Å². The molecule has 0 unspecified atom stereocenters. The van der Waals surface area contributed by atoms with Gasteiger partial charge in [-0.05, 0) is 49.6 Å². The second-order valence-corrected chi connectivity index (χ2v) is 7.19. The van der Waals surface area contributed by atoms with Crippen LogP contribution < -0.4 is 4.90 Å². The summed E-state index contributed by atoms with van der Waals surface area (Å²) in [5.74, 6) is 1.01. The van der Waals surface area contributed by atoms with Gasteiger partial charge in [0, 0.05) is 36.6 Å². The zero-order valence-electron chi connectivity index (χ0n) is 16.2. The Morgan fingerprint density at radius 1 is 0.964 bits per heavy atom. The van der Waals surface area contributed by atoms with Gasteiger partial charge in [-0.3, -0.25) is 4.79 Å². The van der Waals surface area contributed by atoms with Crippen molar-refractivity contribution in [1.29, 1.82) is 0 Å². The third-order valence-corrected chi connectivity index (χ3v) is 5.42. The molecule has 1 aromatic heterocycles. The van der Waals surface area contributed by atoms with E-state index in [-0.39, 0.29) is 11.9 Å². The summed E-state index contributed by atoms with van der Waals surface area (Å²) in [6.07, 6.45) is 4.94. The third kappa shape index (κ3) is 3.63. The van der Waals surface area contributed by atoms with E-state index in [1.807, 2.05) is 72.7 Å². The number of benzene rings is 2. The molecule has 1 amide bonds. The lowest BCUT2D eigenvalue weighted by Crippen LogP contribution is -2.39. The van der Waals surface area contributed by atoms with Gasteiger partial charge in [0.05, 0.1) is 6.04 Å². The van der Waals surface area contributed by atoms with E-state index >= 15 is 0 Å². The topological polar surface area (TPSA) is 36.4 Å². The number of rotatable bonds is 4. The molecule has 4 rings (SSSR count). The Hall–Kier alpha value is -3.14. The molecule has 1 aliphatic heterocycles. The maximum Gasteiger partial charge on any atom is 0.254 e. The first kappa shape index (κ1) is 18.2. The van der Waals surface area contributed by atoms with Crippen LogP contribution in [-0.2, 0) is 0 Å². The van der Waals surface area contributed by atoms with Gasteiger partial charge in [0.15, 0.2) is 0 Å². The monoisotopic (exact) mass is 371 g/mol. The standard InChI is InChI=1S/C24H25N3O/c1-26(20-13-6-3-7-14-20)23-21(15-10-17-25-23)22-16-8-9-18-27(22)24(28)19-11-4-2-5-12-19/h2-7,10-15,17,22H,8-9,16,18H2,1H3/t22-/m0/s1. The number of piperidine rings is 1. The molecule has 28 heavy (non-hydrogen) atoms. The van der Waals surface area contributed by atoms with E-state index in [0.717, 1.165) is 48.4 Å². The largest absolute Gasteiger partial charge is 0.331 e. The van der Waals surface area contributed by atoms with Crippen molar-refractivity contribution in [3.05, 3.63) is 90.1 Å². The molecule has 4 heteroatoms. The first-order chi connectivity index (χ1) is 13.8. The van der Waals surface area contributed by atoms with Crippen LogP contribution in [0.15, 0.2) is 79.0 Å². The maximum absolute atomic E-state index is 13.2. The van der Waals surface area contributed by atoms with Crippen LogP contribution in [0, 0.1) is 0 Å². The molecule has 0 aliphatic carbocycles. The number of carbonyl (C=O) groups is 1. The molecule has 0 bridgehead atoms. The molecule has 142 valence electrons. The number of aromatic nitrogens is 1. The normalized spacial score (nSPS) is 16.6. The lowest BCUT2D eigenvalue weighted by molar-refractivity contribution is 0.0612. The second-order valence-electron chi connectivity index (χ2n) is 7.19. The van der Waals surface area contributed by atoms with E-state index in [2.05, 4.69) is 28.1 Å². The Labute approximate surface area is 166 Å². The van der Waals surface area contributed by atoms with Crippen LogP contribution >= 0.6 is 0 Å². The fourth-order valence-corrected chi connectivity index (χ4v) is 3.97. The van der Waals surface area contributed by atoms with Crippen molar-refractivity contribution in [2.45, 2.75) is 25.3 Å². The number of nitrogens with zero attached hydrogens (tertiary/aromatic N) is 3. The number of pyridine rings is 1. The van der Waals surface area contributed by atoms with Gasteiger partial charge in [-0.1, -0.05) is 42.5 Å². The van der Waals surface area contributed by atoms with E-state index < -0.39 is 0 Å². The molecule has 4 nitrogen and oxygen atoms in total. The summed E-state index contributed by atoms with van der Waals surface area (Å²) in [7, 11) is 2.04. The van der Waals surface area contributed by atoms with Gasteiger partial charge >= 0.3 is 0 Å². The van der Waals surface area contributed by atoms with Crippen LogP contribution in [0.25, 0.3) is 0 Å². The molecule has 1 atom stereocenters. The van der Waals surface area contributed by atoms with Crippen molar-refractivity contribution >= 4 is 17.4 Å². The van der Waals surface area contributed by atoms with Gasteiger partial charge in [-0.2, -0.15) is 0 Å². The minimum absolute atomic E-state index is 0.0383. The fourth-order valence-electron chi connectivity index (χ4n) is 3.97. The van der Waals surface area contributed by atoms with Crippen molar-refractivity contribution in [2.24, 2.45) is 0 Å². The number of carbonyl (C=O) groups excluding carboxylic acids is 1. The quantitative estimate of drug-likeness (QED) is 0.631. The number of anilines is 2. The van der Waals surface area contributed by atoms with Gasteiger partial charge in [0.25, 0.3) is 5.91 Å².